The third kappa shape index (κ3) is 3.21. The largest absolute Gasteiger partial charge is 0.437 e. The van der Waals surface area contributed by atoms with E-state index in [4.69, 9.17) is 4.74 Å². The van der Waals surface area contributed by atoms with Gasteiger partial charge < -0.3 is 15.0 Å². The molecule has 0 radical (unpaired) electrons. The Bertz CT molecular complexity index is 926. The molecule has 130 valence electrons. The lowest BCUT2D eigenvalue weighted by atomic mass is 10.2. The van der Waals surface area contributed by atoms with E-state index in [0.717, 1.165) is 24.3 Å². The Morgan fingerprint density at radius 2 is 1.85 bits per heavy atom. The van der Waals surface area contributed by atoms with Crippen molar-refractivity contribution in [3.05, 3.63) is 72.2 Å². The molecule has 0 saturated heterocycles. The summed E-state index contributed by atoms with van der Waals surface area (Å²) in [6.45, 7) is 0.912. The quantitative estimate of drug-likeness (QED) is 0.783. The van der Waals surface area contributed by atoms with Crippen LogP contribution in [0.15, 0.2) is 60.9 Å². The first-order chi connectivity index (χ1) is 12.7. The number of carbonyl (C=O) groups excluding carboxylic acids is 1. The molecule has 1 aromatic heterocycles. The van der Waals surface area contributed by atoms with Crippen molar-refractivity contribution in [3.63, 3.8) is 0 Å². The zero-order chi connectivity index (χ0) is 17.9. The number of carbonyl (C=O) groups is 1. The summed E-state index contributed by atoms with van der Waals surface area (Å²) in [5, 5.41) is 2.87. The monoisotopic (exact) mass is 346 g/mol. The van der Waals surface area contributed by atoms with Gasteiger partial charge in [0, 0.05) is 31.3 Å². The Kier molecular flexibility index (Phi) is 4.23. The van der Waals surface area contributed by atoms with E-state index in [2.05, 4.69) is 20.2 Å². The Balaban J connectivity index is 1.48. The van der Waals surface area contributed by atoms with Crippen LogP contribution < -0.4 is 15.0 Å². The predicted octanol–water partition coefficient (Wildman–Crippen LogP) is 3.51. The molecule has 2 heterocycles. The normalized spacial score (nSPS) is 12.6. The van der Waals surface area contributed by atoms with E-state index in [0.29, 0.717) is 22.9 Å². The Morgan fingerprint density at radius 3 is 2.62 bits per heavy atom. The van der Waals surface area contributed by atoms with Gasteiger partial charge in [-0.05, 0) is 36.4 Å². The van der Waals surface area contributed by atoms with Crippen LogP contribution in [0.2, 0.25) is 0 Å². The summed E-state index contributed by atoms with van der Waals surface area (Å²) in [6.07, 6.45) is 2.43. The fraction of sp³-hybridized carbons (Fsp3) is 0.150. The molecule has 1 aliphatic heterocycles. The molecule has 1 amide bonds. The summed E-state index contributed by atoms with van der Waals surface area (Å²) in [7, 11) is 2.00. The minimum absolute atomic E-state index is 0.144. The van der Waals surface area contributed by atoms with E-state index in [-0.39, 0.29) is 5.91 Å². The van der Waals surface area contributed by atoms with E-state index in [9.17, 15) is 4.79 Å². The maximum atomic E-state index is 12.2. The number of fused-ring (bicyclic) bond motifs is 1. The van der Waals surface area contributed by atoms with E-state index in [1.807, 2.05) is 37.4 Å². The van der Waals surface area contributed by atoms with Crippen LogP contribution in [-0.4, -0.2) is 29.5 Å². The summed E-state index contributed by atoms with van der Waals surface area (Å²) in [4.78, 5) is 22.9. The van der Waals surface area contributed by atoms with Crippen molar-refractivity contribution in [1.82, 2.24) is 9.97 Å². The van der Waals surface area contributed by atoms with Gasteiger partial charge in [0.2, 0.25) is 5.88 Å². The molecule has 0 unspecified atom stereocenters. The van der Waals surface area contributed by atoms with E-state index < -0.39 is 0 Å². The highest BCUT2D eigenvalue weighted by Gasteiger charge is 2.23. The Hall–Kier alpha value is -3.41. The average molecular weight is 346 g/mol. The third-order valence-electron chi connectivity index (χ3n) is 4.29. The average Bonchev–Trinajstić information content (AvgIpc) is 3.06. The van der Waals surface area contributed by atoms with Crippen molar-refractivity contribution in [3.8, 4) is 11.6 Å². The Morgan fingerprint density at radius 1 is 1.08 bits per heavy atom. The molecule has 1 N–H and O–H groups in total. The van der Waals surface area contributed by atoms with Crippen LogP contribution in [0.1, 0.15) is 16.1 Å². The van der Waals surface area contributed by atoms with Crippen LogP contribution >= 0.6 is 0 Å². The number of hydrogen-bond donors (Lipinski definition) is 1. The lowest BCUT2D eigenvalue weighted by Crippen LogP contribution is -2.13. The fourth-order valence-electron chi connectivity index (χ4n) is 2.93. The second-order valence-corrected chi connectivity index (χ2v) is 6.09. The van der Waals surface area contributed by atoms with Crippen molar-refractivity contribution in [2.45, 2.75) is 6.42 Å². The van der Waals surface area contributed by atoms with E-state index >= 15 is 0 Å². The predicted molar refractivity (Wildman–Crippen MR) is 99.9 cm³/mol. The lowest BCUT2D eigenvalue weighted by Gasteiger charge is -2.15. The van der Waals surface area contributed by atoms with Gasteiger partial charge in [-0.25, -0.2) is 4.98 Å². The summed E-state index contributed by atoms with van der Waals surface area (Å²) in [5.74, 6) is 1.06. The molecule has 6 nitrogen and oxygen atoms in total. The van der Waals surface area contributed by atoms with Crippen molar-refractivity contribution >= 4 is 17.3 Å². The molecule has 0 bridgehead atoms. The van der Waals surface area contributed by atoms with E-state index in [1.54, 1.807) is 24.3 Å². The van der Waals surface area contributed by atoms with Gasteiger partial charge in [-0.15, -0.1) is 0 Å². The van der Waals surface area contributed by atoms with Crippen LogP contribution in [0.25, 0.3) is 0 Å². The van der Waals surface area contributed by atoms with Crippen molar-refractivity contribution in [1.29, 1.82) is 0 Å². The number of aromatic nitrogens is 2. The van der Waals surface area contributed by atoms with Crippen LogP contribution in [0, 0.1) is 0 Å². The second kappa shape index (κ2) is 6.84. The fourth-order valence-corrected chi connectivity index (χ4v) is 2.93. The topological polar surface area (TPSA) is 67.3 Å². The molecule has 0 atom stereocenters. The smallest absolute Gasteiger partial charge is 0.255 e. The molecule has 6 heteroatoms. The zero-order valence-electron chi connectivity index (χ0n) is 14.3. The number of hydrogen-bond acceptors (Lipinski definition) is 5. The van der Waals surface area contributed by atoms with Gasteiger partial charge in [0.25, 0.3) is 5.91 Å². The van der Waals surface area contributed by atoms with Crippen molar-refractivity contribution in [2.75, 3.05) is 23.8 Å². The number of benzene rings is 2. The van der Waals surface area contributed by atoms with Crippen LogP contribution in [0.4, 0.5) is 11.4 Å². The highest BCUT2D eigenvalue weighted by atomic mass is 16.5. The highest BCUT2D eigenvalue weighted by molar-refractivity contribution is 6.04. The standard InChI is InChI=1S/C20H18N4O2/c1-24-12-11-17-18(24)20(22-13-21-17)26-16-9-7-15(8-10-16)23-19(25)14-5-3-2-4-6-14/h2-10,13H,11-12H2,1H3,(H,23,25). The van der Waals surface area contributed by atoms with Crippen molar-refractivity contribution < 1.29 is 9.53 Å². The summed E-state index contributed by atoms with van der Waals surface area (Å²) in [5.41, 5.74) is 3.27. The summed E-state index contributed by atoms with van der Waals surface area (Å²) >= 11 is 0. The van der Waals surface area contributed by atoms with Gasteiger partial charge in [-0.1, -0.05) is 18.2 Å². The number of amides is 1. The van der Waals surface area contributed by atoms with Gasteiger partial charge in [-0.2, -0.15) is 4.98 Å². The van der Waals surface area contributed by atoms with Gasteiger partial charge >= 0.3 is 0 Å². The van der Waals surface area contributed by atoms with Gasteiger partial charge in [0.05, 0.1) is 5.69 Å². The second-order valence-electron chi connectivity index (χ2n) is 6.09. The first kappa shape index (κ1) is 16.1. The SMILES string of the molecule is CN1CCc2ncnc(Oc3ccc(NC(=O)c4ccccc4)cc3)c21. The molecule has 0 aliphatic carbocycles. The maximum Gasteiger partial charge on any atom is 0.255 e. The Labute approximate surface area is 151 Å². The molecule has 1 aliphatic rings. The molecule has 0 saturated carbocycles. The lowest BCUT2D eigenvalue weighted by molar-refractivity contribution is 0.102. The summed E-state index contributed by atoms with van der Waals surface area (Å²) < 4.78 is 5.93. The minimum atomic E-state index is -0.144. The number of anilines is 2. The number of ether oxygens (including phenoxy) is 1. The number of rotatable bonds is 4. The molecule has 3 aromatic rings. The van der Waals surface area contributed by atoms with Gasteiger partial charge in [-0.3, -0.25) is 4.79 Å². The molecule has 0 fully saturated rings. The van der Waals surface area contributed by atoms with Crippen molar-refractivity contribution in [2.24, 2.45) is 0 Å². The van der Waals surface area contributed by atoms with Gasteiger partial charge in [0.15, 0.2) is 0 Å². The molecular weight excluding hydrogens is 328 g/mol. The molecule has 4 rings (SSSR count). The number of nitrogens with one attached hydrogen (secondary N) is 1. The van der Waals surface area contributed by atoms with Crippen LogP contribution in [-0.2, 0) is 6.42 Å². The summed E-state index contributed by atoms with van der Waals surface area (Å²) in [6, 6.07) is 16.3. The molecule has 26 heavy (non-hydrogen) atoms. The number of nitrogens with zero attached hydrogens (tertiary/aromatic N) is 3. The number of likely N-dealkylation sites (N-methyl/N-ethyl adjacent to an activating group) is 1. The van der Waals surface area contributed by atoms with Crippen LogP contribution in [0.3, 0.4) is 0 Å². The van der Waals surface area contributed by atoms with E-state index in [1.165, 1.54) is 6.33 Å². The third-order valence-corrected chi connectivity index (χ3v) is 4.29. The highest BCUT2D eigenvalue weighted by Crippen LogP contribution is 2.35. The molecule has 0 spiro atoms. The maximum absolute atomic E-state index is 12.2. The van der Waals surface area contributed by atoms with Crippen LogP contribution in [0.5, 0.6) is 11.6 Å². The molecular formula is C20H18N4O2. The van der Waals surface area contributed by atoms with Gasteiger partial charge in [0.1, 0.15) is 17.8 Å². The zero-order valence-corrected chi connectivity index (χ0v) is 14.3. The molecule has 2 aromatic carbocycles. The first-order valence-electron chi connectivity index (χ1n) is 8.40. The first-order valence-corrected chi connectivity index (χ1v) is 8.40. The minimum Gasteiger partial charge on any atom is -0.437 e.